The molecule has 1 unspecified atom stereocenters. The summed E-state index contributed by atoms with van der Waals surface area (Å²) in [5, 5.41) is 10.9. The highest BCUT2D eigenvalue weighted by molar-refractivity contribution is 9.10. The maximum absolute atomic E-state index is 10.3. The molecule has 0 saturated heterocycles. The van der Waals surface area contributed by atoms with Crippen molar-refractivity contribution in [3.8, 4) is 0 Å². The Hall–Kier alpha value is -0.350. The molecule has 0 aliphatic carbocycles. The second-order valence-electron chi connectivity index (χ2n) is 3.59. The Bertz CT molecular complexity index is 522. The highest BCUT2D eigenvalue weighted by Gasteiger charge is 2.16. The first-order chi connectivity index (χ1) is 8.09. The van der Waals surface area contributed by atoms with Crippen molar-refractivity contribution in [2.24, 2.45) is 0 Å². The van der Waals surface area contributed by atoms with E-state index in [1.54, 1.807) is 6.07 Å². The standard InChI is InChI=1S/C13H9Br2ClO/c14-9-4-1-3-8(7-9)13(17)12-10(15)5-2-6-11(12)16/h1-7,13,17H. The zero-order valence-corrected chi connectivity index (χ0v) is 12.6. The average molecular weight is 376 g/mol. The third-order valence-electron chi connectivity index (χ3n) is 2.44. The summed E-state index contributed by atoms with van der Waals surface area (Å²) in [7, 11) is 0. The summed E-state index contributed by atoms with van der Waals surface area (Å²) < 4.78 is 1.73. The lowest BCUT2D eigenvalue weighted by Crippen LogP contribution is -2.01. The summed E-state index contributed by atoms with van der Waals surface area (Å²) in [5.74, 6) is 0. The van der Waals surface area contributed by atoms with Gasteiger partial charge in [0.15, 0.2) is 0 Å². The van der Waals surface area contributed by atoms with Gasteiger partial charge < -0.3 is 5.11 Å². The van der Waals surface area contributed by atoms with Crippen LogP contribution in [0.1, 0.15) is 17.2 Å². The first kappa shape index (κ1) is 13.1. The van der Waals surface area contributed by atoms with Gasteiger partial charge in [-0.1, -0.05) is 61.7 Å². The van der Waals surface area contributed by atoms with Crippen LogP contribution in [0.4, 0.5) is 0 Å². The van der Waals surface area contributed by atoms with E-state index < -0.39 is 6.10 Å². The molecule has 88 valence electrons. The zero-order chi connectivity index (χ0) is 12.4. The fraction of sp³-hybridized carbons (Fsp3) is 0.0769. The van der Waals surface area contributed by atoms with Crippen LogP contribution in [0, 0.1) is 0 Å². The van der Waals surface area contributed by atoms with Crippen LogP contribution in [0.3, 0.4) is 0 Å². The summed E-state index contributed by atoms with van der Waals surface area (Å²) in [6.07, 6.45) is -0.740. The molecule has 4 heteroatoms. The highest BCUT2D eigenvalue weighted by atomic mass is 79.9. The molecule has 0 bridgehead atoms. The van der Waals surface area contributed by atoms with Crippen LogP contribution in [0.25, 0.3) is 0 Å². The molecule has 2 aromatic carbocycles. The minimum absolute atomic E-state index is 0.548. The van der Waals surface area contributed by atoms with Gasteiger partial charge in [-0.05, 0) is 29.8 Å². The van der Waals surface area contributed by atoms with E-state index in [2.05, 4.69) is 31.9 Å². The van der Waals surface area contributed by atoms with Gasteiger partial charge in [0.1, 0.15) is 6.10 Å². The molecule has 17 heavy (non-hydrogen) atoms. The first-order valence-electron chi connectivity index (χ1n) is 4.97. The lowest BCUT2D eigenvalue weighted by atomic mass is 10.0. The van der Waals surface area contributed by atoms with Crippen LogP contribution in [-0.4, -0.2) is 5.11 Å². The fourth-order valence-corrected chi connectivity index (χ4v) is 3.01. The predicted molar refractivity (Wildman–Crippen MR) is 77.4 cm³/mol. The van der Waals surface area contributed by atoms with Crippen molar-refractivity contribution < 1.29 is 5.11 Å². The topological polar surface area (TPSA) is 20.2 Å². The third-order valence-corrected chi connectivity index (χ3v) is 3.95. The molecule has 2 rings (SSSR count). The number of hydrogen-bond acceptors (Lipinski definition) is 1. The Morgan fingerprint density at radius 3 is 2.41 bits per heavy atom. The van der Waals surface area contributed by atoms with Gasteiger partial charge in [0.25, 0.3) is 0 Å². The summed E-state index contributed by atoms with van der Waals surface area (Å²) in [4.78, 5) is 0. The molecule has 0 aromatic heterocycles. The van der Waals surface area contributed by atoms with E-state index in [1.807, 2.05) is 36.4 Å². The molecule has 0 radical (unpaired) electrons. The van der Waals surface area contributed by atoms with Gasteiger partial charge >= 0.3 is 0 Å². The van der Waals surface area contributed by atoms with E-state index >= 15 is 0 Å². The van der Waals surface area contributed by atoms with Crippen LogP contribution < -0.4 is 0 Å². The number of aliphatic hydroxyl groups excluding tert-OH is 1. The molecule has 0 saturated carbocycles. The lowest BCUT2D eigenvalue weighted by Gasteiger charge is -2.15. The SMILES string of the molecule is OC(c1cccc(Br)c1)c1c(Cl)cccc1Br. The monoisotopic (exact) mass is 374 g/mol. The minimum Gasteiger partial charge on any atom is -0.384 e. The maximum atomic E-state index is 10.3. The quantitative estimate of drug-likeness (QED) is 0.787. The molecule has 0 aliphatic rings. The second-order valence-corrected chi connectivity index (χ2v) is 5.77. The average Bonchev–Trinajstić information content (AvgIpc) is 2.28. The molecule has 0 fully saturated rings. The molecule has 1 N–H and O–H groups in total. The Kier molecular flexibility index (Phi) is 4.26. The molecular formula is C13H9Br2ClO. The van der Waals surface area contributed by atoms with E-state index in [4.69, 9.17) is 11.6 Å². The molecule has 1 atom stereocenters. The summed E-state index contributed by atoms with van der Waals surface area (Å²) in [5.41, 5.74) is 1.49. The molecule has 0 heterocycles. The molecule has 1 nitrogen and oxygen atoms in total. The Morgan fingerprint density at radius 2 is 1.76 bits per heavy atom. The van der Waals surface area contributed by atoms with Gasteiger partial charge in [-0.3, -0.25) is 0 Å². The van der Waals surface area contributed by atoms with Crippen molar-refractivity contribution in [2.75, 3.05) is 0 Å². The van der Waals surface area contributed by atoms with Crippen molar-refractivity contribution in [3.05, 3.63) is 67.6 Å². The largest absolute Gasteiger partial charge is 0.384 e. The van der Waals surface area contributed by atoms with Crippen molar-refractivity contribution in [2.45, 2.75) is 6.10 Å². The van der Waals surface area contributed by atoms with Crippen molar-refractivity contribution >= 4 is 43.5 Å². The van der Waals surface area contributed by atoms with Crippen molar-refractivity contribution in [1.29, 1.82) is 0 Å². The summed E-state index contributed by atoms with van der Waals surface area (Å²) in [6, 6.07) is 13.0. The van der Waals surface area contributed by atoms with Crippen molar-refractivity contribution in [3.63, 3.8) is 0 Å². The molecule has 0 spiro atoms. The number of aliphatic hydroxyl groups is 1. The second kappa shape index (κ2) is 5.53. The molecule has 0 aliphatic heterocycles. The number of benzene rings is 2. The molecule has 0 amide bonds. The van der Waals surface area contributed by atoms with E-state index in [0.717, 1.165) is 14.5 Å². The van der Waals surface area contributed by atoms with Crippen LogP contribution in [0.5, 0.6) is 0 Å². The Morgan fingerprint density at radius 1 is 1.06 bits per heavy atom. The van der Waals surface area contributed by atoms with Crippen LogP contribution in [0.15, 0.2) is 51.4 Å². The van der Waals surface area contributed by atoms with E-state index in [0.29, 0.717) is 10.6 Å². The fourth-order valence-electron chi connectivity index (χ4n) is 1.62. The number of halogens is 3. The van der Waals surface area contributed by atoms with Crippen molar-refractivity contribution in [1.82, 2.24) is 0 Å². The van der Waals surface area contributed by atoms with E-state index in [-0.39, 0.29) is 0 Å². The molecule has 2 aromatic rings. The third kappa shape index (κ3) is 2.91. The van der Waals surface area contributed by atoms with Gasteiger partial charge in [-0.25, -0.2) is 0 Å². The van der Waals surface area contributed by atoms with E-state index in [1.165, 1.54) is 0 Å². The van der Waals surface area contributed by atoms with Gasteiger partial charge in [-0.15, -0.1) is 0 Å². The summed E-state index contributed by atoms with van der Waals surface area (Å²) in [6.45, 7) is 0. The highest BCUT2D eigenvalue weighted by Crippen LogP contribution is 2.34. The lowest BCUT2D eigenvalue weighted by molar-refractivity contribution is 0.219. The van der Waals surface area contributed by atoms with Crippen LogP contribution in [-0.2, 0) is 0 Å². The molecular weight excluding hydrogens is 367 g/mol. The first-order valence-corrected chi connectivity index (χ1v) is 6.93. The predicted octanol–water partition coefficient (Wildman–Crippen LogP) is 4.95. The van der Waals surface area contributed by atoms with Gasteiger partial charge in [-0.2, -0.15) is 0 Å². The Balaban J connectivity index is 2.47. The minimum atomic E-state index is -0.740. The van der Waals surface area contributed by atoms with E-state index in [9.17, 15) is 5.11 Å². The maximum Gasteiger partial charge on any atom is 0.107 e. The number of hydrogen-bond donors (Lipinski definition) is 1. The van der Waals surface area contributed by atoms with Crippen LogP contribution in [0.2, 0.25) is 5.02 Å². The number of rotatable bonds is 2. The van der Waals surface area contributed by atoms with Gasteiger partial charge in [0.05, 0.1) is 0 Å². The van der Waals surface area contributed by atoms with Crippen LogP contribution >= 0.6 is 43.5 Å². The zero-order valence-electron chi connectivity index (χ0n) is 8.70. The van der Waals surface area contributed by atoms with Gasteiger partial charge in [0, 0.05) is 19.5 Å². The normalized spacial score (nSPS) is 12.5. The smallest absolute Gasteiger partial charge is 0.107 e. The van der Waals surface area contributed by atoms with Gasteiger partial charge in [0.2, 0.25) is 0 Å². The summed E-state index contributed by atoms with van der Waals surface area (Å²) >= 11 is 12.9. The Labute approximate surface area is 122 Å².